The summed E-state index contributed by atoms with van der Waals surface area (Å²) in [6.45, 7) is 3.12. The van der Waals surface area contributed by atoms with Crippen LogP contribution in [0.4, 0.5) is 5.69 Å². The third-order valence-corrected chi connectivity index (χ3v) is 4.87. The second-order valence-corrected chi connectivity index (χ2v) is 6.47. The molecule has 1 unspecified atom stereocenters. The minimum absolute atomic E-state index is 0.105. The van der Waals surface area contributed by atoms with Crippen molar-refractivity contribution < 1.29 is 9.59 Å². The molecule has 1 aliphatic heterocycles. The topological polar surface area (TPSA) is 49.4 Å². The second kappa shape index (κ2) is 6.32. The molecule has 1 aliphatic rings. The van der Waals surface area contributed by atoms with Crippen LogP contribution in [0.2, 0.25) is 0 Å². The molecule has 1 atom stereocenters. The molecule has 1 aromatic carbocycles. The van der Waals surface area contributed by atoms with Gasteiger partial charge in [0.05, 0.1) is 6.54 Å². The Morgan fingerprint density at radius 1 is 1.36 bits per heavy atom. The maximum atomic E-state index is 12.4. The van der Waals surface area contributed by atoms with Crippen LogP contribution in [0.3, 0.4) is 0 Å². The van der Waals surface area contributed by atoms with E-state index in [1.54, 1.807) is 16.2 Å². The van der Waals surface area contributed by atoms with Gasteiger partial charge in [-0.1, -0.05) is 18.2 Å². The largest absolute Gasteiger partial charge is 0.351 e. The van der Waals surface area contributed by atoms with Crippen molar-refractivity contribution in [2.75, 3.05) is 11.4 Å². The monoisotopic (exact) mass is 314 g/mol. The van der Waals surface area contributed by atoms with Gasteiger partial charge < -0.3 is 10.2 Å². The summed E-state index contributed by atoms with van der Waals surface area (Å²) < 4.78 is 0. The number of benzene rings is 1. The zero-order valence-electron chi connectivity index (χ0n) is 12.4. The van der Waals surface area contributed by atoms with Gasteiger partial charge in [0.15, 0.2) is 0 Å². The molecule has 22 heavy (non-hydrogen) atoms. The molecule has 0 aliphatic carbocycles. The minimum Gasteiger partial charge on any atom is -0.351 e. The number of rotatable bonds is 4. The molecule has 0 bridgehead atoms. The maximum Gasteiger partial charge on any atom is 0.239 e. The van der Waals surface area contributed by atoms with Gasteiger partial charge in [0, 0.05) is 17.1 Å². The number of para-hydroxylation sites is 1. The molecule has 1 N–H and O–H groups in total. The number of nitrogens with one attached hydrogen (secondary N) is 1. The fourth-order valence-electron chi connectivity index (χ4n) is 2.67. The Bertz CT molecular complexity index is 681. The molecule has 5 heteroatoms. The molecule has 0 radical (unpaired) electrons. The molecule has 1 aromatic heterocycles. The number of thiophene rings is 1. The molecule has 1 saturated heterocycles. The molecule has 2 aromatic rings. The van der Waals surface area contributed by atoms with Gasteiger partial charge >= 0.3 is 0 Å². The summed E-state index contributed by atoms with van der Waals surface area (Å²) in [7, 11) is 0. The molecule has 4 nitrogen and oxygen atoms in total. The Kier molecular flexibility index (Phi) is 4.24. The highest BCUT2D eigenvalue weighted by Gasteiger charge is 2.37. The summed E-state index contributed by atoms with van der Waals surface area (Å²) in [5.74, 6) is -0.846. The normalized spacial score (nSPS) is 17.8. The summed E-state index contributed by atoms with van der Waals surface area (Å²) in [6, 6.07) is 11.6. The van der Waals surface area contributed by atoms with Crippen molar-refractivity contribution in [3.63, 3.8) is 0 Å². The quantitative estimate of drug-likeness (QED) is 0.882. The van der Waals surface area contributed by atoms with E-state index in [4.69, 9.17) is 0 Å². The molecule has 0 saturated carbocycles. The number of nitrogens with zero attached hydrogens (tertiary/aromatic N) is 1. The van der Waals surface area contributed by atoms with Crippen LogP contribution >= 0.6 is 11.3 Å². The van der Waals surface area contributed by atoms with Gasteiger partial charge in [0.1, 0.15) is 5.92 Å². The molecule has 3 rings (SSSR count). The first-order valence-electron chi connectivity index (χ1n) is 7.33. The van der Waals surface area contributed by atoms with Crippen LogP contribution < -0.4 is 10.2 Å². The molecule has 0 spiro atoms. The highest BCUT2D eigenvalue weighted by atomic mass is 32.1. The predicted molar refractivity (Wildman–Crippen MR) is 87.8 cm³/mol. The number of hydrogen-bond donors (Lipinski definition) is 1. The van der Waals surface area contributed by atoms with Crippen LogP contribution in [0.1, 0.15) is 16.9 Å². The summed E-state index contributed by atoms with van der Waals surface area (Å²) in [4.78, 5) is 27.5. The van der Waals surface area contributed by atoms with Crippen molar-refractivity contribution >= 4 is 28.8 Å². The van der Waals surface area contributed by atoms with E-state index in [9.17, 15) is 9.59 Å². The lowest BCUT2D eigenvalue weighted by Crippen LogP contribution is -2.36. The Morgan fingerprint density at radius 3 is 2.82 bits per heavy atom. The zero-order valence-corrected chi connectivity index (χ0v) is 13.2. The molecule has 114 valence electrons. The average molecular weight is 314 g/mol. The number of carbonyl (C=O) groups excluding carboxylic acids is 2. The van der Waals surface area contributed by atoms with E-state index in [1.165, 1.54) is 5.56 Å². The smallest absolute Gasteiger partial charge is 0.239 e. The zero-order chi connectivity index (χ0) is 15.5. The number of carbonyl (C=O) groups is 2. The first-order chi connectivity index (χ1) is 10.6. The standard InChI is InChI=1S/C17H18N2O2S/c1-12-9-14(22-11-12)10-18-16(20)15-7-8-19(17(15)21)13-5-3-2-4-6-13/h2-6,9,11,15H,7-8,10H2,1H3,(H,18,20). The van der Waals surface area contributed by atoms with Crippen LogP contribution in [-0.4, -0.2) is 18.4 Å². The van der Waals surface area contributed by atoms with E-state index in [0.29, 0.717) is 19.5 Å². The fraction of sp³-hybridized carbons (Fsp3) is 0.294. The number of hydrogen-bond acceptors (Lipinski definition) is 3. The fourth-order valence-corrected chi connectivity index (χ4v) is 3.48. The minimum atomic E-state index is -0.568. The third kappa shape index (κ3) is 3.04. The number of aryl methyl sites for hydroxylation is 1. The van der Waals surface area contributed by atoms with E-state index in [2.05, 4.69) is 16.8 Å². The maximum absolute atomic E-state index is 12.4. The van der Waals surface area contributed by atoms with Crippen molar-refractivity contribution in [1.29, 1.82) is 0 Å². The van der Waals surface area contributed by atoms with Crippen LogP contribution in [0.5, 0.6) is 0 Å². The lowest BCUT2D eigenvalue weighted by Gasteiger charge is -2.16. The van der Waals surface area contributed by atoms with E-state index in [-0.39, 0.29) is 11.8 Å². The van der Waals surface area contributed by atoms with Gasteiger partial charge in [-0.3, -0.25) is 9.59 Å². The van der Waals surface area contributed by atoms with Gasteiger partial charge in [-0.25, -0.2) is 0 Å². The Labute approximate surface area is 133 Å². The molecular weight excluding hydrogens is 296 g/mol. The molecule has 2 amide bonds. The Morgan fingerprint density at radius 2 is 2.14 bits per heavy atom. The lowest BCUT2D eigenvalue weighted by molar-refractivity contribution is -0.132. The molecule has 1 fully saturated rings. The van der Waals surface area contributed by atoms with E-state index < -0.39 is 5.92 Å². The Hall–Kier alpha value is -2.14. The van der Waals surface area contributed by atoms with Crippen molar-refractivity contribution in [2.24, 2.45) is 5.92 Å². The van der Waals surface area contributed by atoms with E-state index >= 15 is 0 Å². The van der Waals surface area contributed by atoms with Crippen LogP contribution in [0.25, 0.3) is 0 Å². The summed E-state index contributed by atoms with van der Waals surface area (Å²) in [5, 5.41) is 4.94. The summed E-state index contributed by atoms with van der Waals surface area (Å²) >= 11 is 1.62. The van der Waals surface area contributed by atoms with Gasteiger partial charge in [-0.2, -0.15) is 0 Å². The van der Waals surface area contributed by atoms with E-state index in [1.807, 2.05) is 37.3 Å². The van der Waals surface area contributed by atoms with Crippen LogP contribution in [0, 0.1) is 12.8 Å². The van der Waals surface area contributed by atoms with E-state index in [0.717, 1.165) is 10.6 Å². The van der Waals surface area contributed by atoms with Gasteiger partial charge in [-0.05, 0) is 42.5 Å². The van der Waals surface area contributed by atoms with Crippen LogP contribution in [0.15, 0.2) is 41.8 Å². The highest BCUT2D eigenvalue weighted by molar-refractivity contribution is 7.10. The van der Waals surface area contributed by atoms with Crippen molar-refractivity contribution in [3.8, 4) is 0 Å². The van der Waals surface area contributed by atoms with Crippen molar-refractivity contribution in [2.45, 2.75) is 19.9 Å². The third-order valence-electron chi connectivity index (χ3n) is 3.81. The predicted octanol–water partition coefficient (Wildman–Crippen LogP) is 2.73. The average Bonchev–Trinajstić information content (AvgIpc) is 3.12. The molecular formula is C17H18N2O2S. The van der Waals surface area contributed by atoms with Crippen LogP contribution in [-0.2, 0) is 16.1 Å². The SMILES string of the molecule is Cc1csc(CNC(=O)C2CCN(c3ccccc3)C2=O)c1. The summed E-state index contributed by atoms with van der Waals surface area (Å²) in [6.07, 6.45) is 0.572. The Balaban J connectivity index is 1.61. The molecule has 2 heterocycles. The first kappa shape index (κ1) is 14.8. The number of amides is 2. The number of anilines is 1. The van der Waals surface area contributed by atoms with Crippen molar-refractivity contribution in [3.05, 3.63) is 52.2 Å². The second-order valence-electron chi connectivity index (χ2n) is 5.47. The summed E-state index contributed by atoms with van der Waals surface area (Å²) in [5.41, 5.74) is 2.05. The highest BCUT2D eigenvalue weighted by Crippen LogP contribution is 2.25. The van der Waals surface area contributed by atoms with Crippen molar-refractivity contribution in [1.82, 2.24) is 5.32 Å². The van der Waals surface area contributed by atoms with Gasteiger partial charge in [0.2, 0.25) is 11.8 Å². The van der Waals surface area contributed by atoms with Gasteiger partial charge in [-0.15, -0.1) is 11.3 Å². The lowest BCUT2D eigenvalue weighted by atomic mass is 10.1. The first-order valence-corrected chi connectivity index (χ1v) is 8.21. The van der Waals surface area contributed by atoms with Gasteiger partial charge in [0.25, 0.3) is 0 Å².